The summed E-state index contributed by atoms with van der Waals surface area (Å²) in [6.07, 6.45) is 0. The van der Waals surface area contributed by atoms with Gasteiger partial charge in [0.1, 0.15) is 0 Å². The normalized spacial score (nSPS) is 12.3. The van der Waals surface area contributed by atoms with Gasteiger partial charge in [0.2, 0.25) is 0 Å². The highest BCUT2D eigenvalue weighted by molar-refractivity contribution is 7.71. The Balaban J connectivity index is 1.94. The molecule has 0 aliphatic carbocycles. The number of hydrogen-bond acceptors (Lipinski definition) is 4. The van der Waals surface area contributed by atoms with Gasteiger partial charge in [-0.1, -0.05) is 6.07 Å². The fourth-order valence-electron chi connectivity index (χ4n) is 2.34. The van der Waals surface area contributed by atoms with Crippen molar-refractivity contribution in [2.75, 3.05) is 0 Å². The summed E-state index contributed by atoms with van der Waals surface area (Å²) in [6, 6.07) is 8.82. The zero-order chi connectivity index (χ0) is 16.6. The second-order valence-electron chi connectivity index (χ2n) is 5.27. The molecule has 0 saturated heterocycles. The Morgan fingerprint density at radius 1 is 1.39 bits per heavy atom. The molecule has 2 aromatic heterocycles. The maximum Gasteiger partial charge on any atom is 0.261 e. The Morgan fingerprint density at radius 2 is 2.17 bits per heavy atom. The predicted octanol–water partition coefficient (Wildman–Crippen LogP) is 3.15. The molecule has 5 nitrogen and oxygen atoms in total. The van der Waals surface area contributed by atoms with Crippen LogP contribution in [-0.4, -0.2) is 15.5 Å². The number of hydrogen-bond donors (Lipinski definition) is 2. The minimum atomic E-state index is -0.187. The Morgan fingerprint density at radius 3 is 2.87 bits per heavy atom. The number of aromatic nitrogens is 2. The fourth-order valence-corrected chi connectivity index (χ4v) is 3.26. The number of amides is 1. The monoisotopic (exact) mass is 345 g/mol. The van der Waals surface area contributed by atoms with E-state index in [9.17, 15) is 9.59 Å². The van der Waals surface area contributed by atoms with Gasteiger partial charge in [0, 0.05) is 17.5 Å². The average molecular weight is 345 g/mol. The summed E-state index contributed by atoms with van der Waals surface area (Å²) < 4.78 is 1.70. The first-order valence-corrected chi connectivity index (χ1v) is 8.33. The highest BCUT2D eigenvalue weighted by atomic mass is 32.1. The molecule has 0 saturated carbocycles. The van der Waals surface area contributed by atoms with Crippen molar-refractivity contribution in [3.63, 3.8) is 0 Å². The molecule has 118 valence electrons. The van der Waals surface area contributed by atoms with Gasteiger partial charge >= 0.3 is 0 Å². The van der Waals surface area contributed by atoms with Gasteiger partial charge in [-0.15, -0.1) is 11.3 Å². The van der Waals surface area contributed by atoms with E-state index in [4.69, 9.17) is 12.2 Å². The summed E-state index contributed by atoms with van der Waals surface area (Å²) in [7, 11) is 1.62. The Bertz CT molecular complexity index is 987. The summed E-state index contributed by atoms with van der Waals surface area (Å²) in [5.74, 6) is -0.187. The third-order valence-electron chi connectivity index (χ3n) is 3.68. The maximum absolute atomic E-state index is 12.4. The van der Waals surface area contributed by atoms with Crippen molar-refractivity contribution in [3.8, 4) is 0 Å². The van der Waals surface area contributed by atoms with Crippen molar-refractivity contribution >= 4 is 40.4 Å². The van der Waals surface area contributed by atoms with Crippen molar-refractivity contribution in [2.45, 2.75) is 13.0 Å². The van der Waals surface area contributed by atoms with Gasteiger partial charge in [-0.05, 0) is 48.8 Å². The van der Waals surface area contributed by atoms with E-state index in [0.29, 0.717) is 21.2 Å². The molecule has 7 heteroatoms. The number of thiophene rings is 1. The van der Waals surface area contributed by atoms with Gasteiger partial charge in [0.15, 0.2) is 4.77 Å². The zero-order valence-electron chi connectivity index (χ0n) is 12.6. The highest BCUT2D eigenvalue weighted by Gasteiger charge is 2.13. The third kappa shape index (κ3) is 2.97. The molecule has 1 aromatic carbocycles. The van der Waals surface area contributed by atoms with Crippen molar-refractivity contribution in [3.05, 3.63) is 61.3 Å². The maximum atomic E-state index is 12.4. The zero-order valence-corrected chi connectivity index (χ0v) is 14.3. The van der Waals surface area contributed by atoms with E-state index in [0.717, 1.165) is 4.88 Å². The van der Waals surface area contributed by atoms with Gasteiger partial charge in [-0.2, -0.15) is 0 Å². The average Bonchev–Trinajstić information content (AvgIpc) is 3.06. The highest BCUT2D eigenvalue weighted by Crippen LogP contribution is 2.19. The minimum absolute atomic E-state index is 0.0691. The van der Waals surface area contributed by atoms with Crippen LogP contribution in [0.15, 0.2) is 40.5 Å². The Labute approximate surface area is 141 Å². The Hall–Kier alpha value is -2.25. The van der Waals surface area contributed by atoms with Crippen LogP contribution in [0.1, 0.15) is 28.2 Å². The van der Waals surface area contributed by atoms with E-state index < -0.39 is 0 Å². The van der Waals surface area contributed by atoms with E-state index in [-0.39, 0.29) is 17.5 Å². The largest absolute Gasteiger partial charge is 0.345 e. The first-order chi connectivity index (χ1) is 11.0. The van der Waals surface area contributed by atoms with Crippen molar-refractivity contribution in [2.24, 2.45) is 7.05 Å². The van der Waals surface area contributed by atoms with Gasteiger partial charge in [-0.25, -0.2) is 0 Å². The molecule has 0 bridgehead atoms. The van der Waals surface area contributed by atoms with Crippen LogP contribution in [0.2, 0.25) is 0 Å². The molecule has 0 spiro atoms. The first-order valence-electron chi connectivity index (χ1n) is 7.04. The number of carbonyl (C=O) groups is 1. The first kappa shape index (κ1) is 15.6. The number of H-pyrrole nitrogens is 1. The number of fused-ring (bicyclic) bond motifs is 1. The predicted molar refractivity (Wildman–Crippen MR) is 94.6 cm³/mol. The third-order valence-corrected chi connectivity index (χ3v) is 5.11. The molecular weight excluding hydrogens is 330 g/mol. The van der Waals surface area contributed by atoms with Crippen LogP contribution in [-0.2, 0) is 7.05 Å². The summed E-state index contributed by atoms with van der Waals surface area (Å²) in [4.78, 5) is 28.6. The SMILES string of the molecule is C[C@@H](NC(=O)c1ccc2c(=O)n(C)c(=S)[nH]c2c1)c1cccs1. The molecule has 1 amide bonds. The van der Waals surface area contributed by atoms with Crippen LogP contribution in [0.25, 0.3) is 10.9 Å². The van der Waals surface area contributed by atoms with Crippen molar-refractivity contribution in [1.82, 2.24) is 14.9 Å². The van der Waals surface area contributed by atoms with Crippen LogP contribution in [0.3, 0.4) is 0 Å². The molecule has 3 aromatic rings. The van der Waals surface area contributed by atoms with E-state index in [1.54, 1.807) is 36.6 Å². The van der Waals surface area contributed by atoms with Gasteiger partial charge in [0.05, 0.1) is 16.9 Å². The molecule has 0 aliphatic rings. The fraction of sp³-hybridized carbons (Fsp3) is 0.188. The van der Waals surface area contributed by atoms with E-state index in [1.807, 2.05) is 24.4 Å². The number of carbonyl (C=O) groups excluding carboxylic acids is 1. The molecular formula is C16H15N3O2S2. The quantitative estimate of drug-likeness (QED) is 0.717. The van der Waals surface area contributed by atoms with Crippen molar-refractivity contribution in [1.29, 1.82) is 0 Å². The summed E-state index contributed by atoms with van der Waals surface area (Å²) in [5.41, 5.74) is 0.872. The van der Waals surface area contributed by atoms with Gasteiger partial charge < -0.3 is 10.3 Å². The van der Waals surface area contributed by atoms with Gasteiger partial charge in [0.25, 0.3) is 11.5 Å². The minimum Gasteiger partial charge on any atom is -0.345 e. The van der Waals surface area contributed by atoms with Crippen LogP contribution in [0, 0.1) is 4.77 Å². The molecule has 1 atom stereocenters. The number of aromatic amines is 1. The molecule has 2 heterocycles. The lowest BCUT2D eigenvalue weighted by molar-refractivity contribution is 0.0940. The Kier molecular flexibility index (Phi) is 4.14. The molecule has 2 N–H and O–H groups in total. The molecule has 0 radical (unpaired) electrons. The topological polar surface area (TPSA) is 66.9 Å². The summed E-state index contributed by atoms with van der Waals surface area (Å²) in [5, 5.41) is 5.43. The second kappa shape index (κ2) is 6.10. The van der Waals surface area contributed by atoms with E-state index in [2.05, 4.69) is 10.3 Å². The van der Waals surface area contributed by atoms with Crippen LogP contribution < -0.4 is 10.9 Å². The number of nitrogens with zero attached hydrogens (tertiary/aromatic N) is 1. The van der Waals surface area contributed by atoms with Crippen molar-refractivity contribution < 1.29 is 4.79 Å². The summed E-state index contributed by atoms with van der Waals surface area (Å²) in [6.45, 7) is 1.94. The van der Waals surface area contributed by atoms with Gasteiger partial charge in [-0.3, -0.25) is 14.2 Å². The number of rotatable bonds is 3. The molecule has 0 fully saturated rings. The number of benzene rings is 1. The summed E-state index contributed by atoms with van der Waals surface area (Å²) >= 11 is 6.71. The lowest BCUT2D eigenvalue weighted by atomic mass is 10.1. The van der Waals surface area contributed by atoms with E-state index in [1.165, 1.54) is 4.57 Å². The number of nitrogens with one attached hydrogen (secondary N) is 2. The van der Waals surface area contributed by atoms with E-state index >= 15 is 0 Å². The lowest BCUT2D eigenvalue weighted by Gasteiger charge is -2.12. The molecule has 3 rings (SSSR count). The standard InChI is InChI=1S/C16H15N3O2S2/c1-9(13-4-3-7-23-13)17-14(20)10-5-6-11-12(8-10)18-16(22)19(2)15(11)21/h3-9H,1-2H3,(H,17,20)(H,18,22)/t9-/m1/s1. The lowest BCUT2D eigenvalue weighted by Crippen LogP contribution is -2.26. The smallest absolute Gasteiger partial charge is 0.261 e. The molecule has 0 unspecified atom stereocenters. The van der Waals surface area contributed by atoms with Crippen LogP contribution in [0.4, 0.5) is 0 Å². The molecule has 23 heavy (non-hydrogen) atoms. The van der Waals surface area contributed by atoms with Crippen LogP contribution >= 0.6 is 23.6 Å². The molecule has 0 aliphatic heterocycles. The second-order valence-corrected chi connectivity index (χ2v) is 6.63. The van der Waals surface area contributed by atoms with Crippen LogP contribution in [0.5, 0.6) is 0 Å².